The lowest BCUT2D eigenvalue weighted by Crippen LogP contribution is -2.30. The van der Waals surface area contributed by atoms with Crippen molar-refractivity contribution < 1.29 is 14.3 Å². The number of hydrogen-bond acceptors (Lipinski definition) is 5. The predicted molar refractivity (Wildman–Crippen MR) is 67.5 cm³/mol. The van der Waals surface area contributed by atoms with Gasteiger partial charge < -0.3 is 9.47 Å². The number of rotatable bonds is 6. The number of nitrogens with one attached hydrogen (secondary N) is 1. The molecule has 1 aromatic heterocycles. The molecule has 0 spiro atoms. The Labute approximate surface area is 107 Å². The lowest BCUT2D eigenvalue weighted by atomic mass is 10.1. The van der Waals surface area contributed by atoms with Crippen LogP contribution in [0.4, 0.5) is 0 Å². The van der Waals surface area contributed by atoms with E-state index in [1.165, 1.54) is 7.11 Å². The number of methoxy groups -OCH3 is 2. The van der Waals surface area contributed by atoms with Crippen LogP contribution in [0.15, 0.2) is 12.7 Å². The van der Waals surface area contributed by atoms with Gasteiger partial charge in [0, 0.05) is 13.6 Å². The molecule has 1 rings (SSSR count). The number of carbonyl (C=O) groups is 1. The van der Waals surface area contributed by atoms with E-state index < -0.39 is 6.04 Å². The summed E-state index contributed by atoms with van der Waals surface area (Å²) in [6, 6.07) is -0.614. The van der Waals surface area contributed by atoms with Gasteiger partial charge in [-0.15, -0.1) is 6.58 Å². The maximum Gasteiger partial charge on any atom is 0.327 e. The molecular formula is C12H19N3O3. The first-order valence-corrected chi connectivity index (χ1v) is 5.56. The van der Waals surface area contributed by atoms with E-state index in [0.717, 1.165) is 5.69 Å². The third-order valence-corrected chi connectivity index (χ3v) is 2.60. The van der Waals surface area contributed by atoms with E-state index in [-0.39, 0.29) is 5.97 Å². The van der Waals surface area contributed by atoms with Crippen LogP contribution in [0.25, 0.3) is 0 Å². The molecule has 18 heavy (non-hydrogen) atoms. The summed E-state index contributed by atoms with van der Waals surface area (Å²) in [5, 5.41) is 7.28. The molecule has 0 aliphatic carbocycles. The lowest BCUT2D eigenvalue weighted by molar-refractivity contribution is -0.143. The molecule has 1 aromatic rings. The minimum Gasteiger partial charge on any atom is -0.481 e. The van der Waals surface area contributed by atoms with Crippen molar-refractivity contribution >= 4 is 5.97 Å². The van der Waals surface area contributed by atoms with Gasteiger partial charge in [0.25, 0.3) is 0 Å². The number of ether oxygens (including phenoxy) is 2. The highest BCUT2D eigenvalue weighted by molar-refractivity contribution is 5.78. The predicted octanol–water partition coefficient (Wildman–Crippen LogP) is 0.727. The summed E-state index contributed by atoms with van der Waals surface area (Å²) in [6.07, 6.45) is 1.67. The molecule has 0 radical (unpaired) electrons. The van der Waals surface area contributed by atoms with Crippen molar-refractivity contribution in [2.75, 3.05) is 20.8 Å². The molecule has 100 valence electrons. The Hall–Kier alpha value is -1.82. The second kappa shape index (κ2) is 6.20. The van der Waals surface area contributed by atoms with E-state index in [0.29, 0.717) is 18.0 Å². The van der Waals surface area contributed by atoms with Crippen LogP contribution in [0.3, 0.4) is 0 Å². The van der Waals surface area contributed by atoms with Gasteiger partial charge in [-0.05, 0) is 6.92 Å². The molecule has 0 amide bonds. The summed E-state index contributed by atoms with van der Waals surface area (Å²) in [4.78, 5) is 11.8. The van der Waals surface area contributed by atoms with Gasteiger partial charge in [0.2, 0.25) is 5.88 Å². The molecule has 0 fully saturated rings. The van der Waals surface area contributed by atoms with Crippen molar-refractivity contribution in [1.29, 1.82) is 0 Å². The monoisotopic (exact) mass is 253 g/mol. The average molecular weight is 253 g/mol. The smallest absolute Gasteiger partial charge is 0.327 e. The molecular weight excluding hydrogens is 234 g/mol. The third-order valence-electron chi connectivity index (χ3n) is 2.60. The number of carbonyl (C=O) groups excluding carboxylic acids is 1. The minimum absolute atomic E-state index is 0.383. The average Bonchev–Trinajstić information content (AvgIpc) is 2.64. The fourth-order valence-electron chi connectivity index (χ4n) is 1.85. The largest absolute Gasteiger partial charge is 0.481 e. The number of esters is 1. The van der Waals surface area contributed by atoms with Gasteiger partial charge in [0.1, 0.15) is 6.04 Å². The zero-order chi connectivity index (χ0) is 13.7. The minimum atomic E-state index is -0.614. The Morgan fingerprint density at radius 3 is 2.78 bits per heavy atom. The summed E-state index contributed by atoms with van der Waals surface area (Å²) >= 11 is 0. The Morgan fingerprint density at radius 1 is 1.61 bits per heavy atom. The maximum atomic E-state index is 11.8. The van der Waals surface area contributed by atoms with E-state index in [2.05, 4.69) is 17.0 Å². The normalized spacial score (nSPS) is 12.0. The van der Waals surface area contributed by atoms with Crippen LogP contribution in [0, 0.1) is 6.92 Å². The van der Waals surface area contributed by atoms with Crippen LogP contribution in [-0.2, 0) is 16.6 Å². The number of nitrogens with zero attached hydrogens (tertiary/aromatic N) is 2. The highest BCUT2D eigenvalue weighted by atomic mass is 16.5. The van der Waals surface area contributed by atoms with E-state index in [4.69, 9.17) is 9.47 Å². The van der Waals surface area contributed by atoms with E-state index >= 15 is 0 Å². The third kappa shape index (κ3) is 2.70. The molecule has 1 atom stereocenters. The van der Waals surface area contributed by atoms with Crippen LogP contribution >= 0.6 is 0 Å². The van der Waals surface area contributed by atoms with Crippen molar-refractivity contribution in [3.8, 4) is 5.88 Å². The molecule has 6 heteroatoms. The van der Waals surface area contributed by atoms with Gasteiger partial charge in [-0.3, -0.25) is 5.32 Å². The molecule has 1 unspecified atom stereocenters. The highest BCUT2D eigenvalue weighted by Crippen LogP contribution is 2.28. The second-order valence-electron chi connectivity index (χ2n) is 3.79. The van der Waals surface area contributed by atoms with Crippen molar-refractivity contribution in [2.24, 2.45) is 7.05 Å². The molecule has 0 saturated carbocycles. The van der Waals surface area contributed by atoms with Gasteiger partial charge >= 0.3 is 5.97 Å². The second-order valence-corrected chi connectivity index (χ2v) is 3.79. The topological polar surface area (TPSA) is 65.4 Å². The Bertz CT molecular complexity index is 440. The van der Waals surface area contributed by atoms with E-state index in [1.54, 1.807) is 24.9 Å². The molecule has 0 bridgehead atoms. The fourth-order valence-corrected chi connectivity index (χ4v) is 1.85. The number of aromatic nitrogens is 2. The number of aryl methyl sites for hydroxylation is 2. The van der Waals surface area contributed by atoms with Gasteiger partial charge in [-0.2, -0.15) is 5.10 Å². The molecule has 0 aromatic carbocycles. The maximum absolute atomic E-state index is 11.8. The Balaban J connectivity index is 3.18. The zero-order valence-electron chi connectivity index (χ0n) is 11.2. The fraction of sp³-hybridized carbons (Fsp3) is 0.500. The van der Waals surface area contributed by atoms with Gasteiger partial charge in [-0.25, -0.2) is 9.48 Å². The first kappa shape index (κ1) is 14.2. The zero-order valence-corrected chi connectivity index (χ0v) is 11.2. The molecule has 0 aliphatic rings. The molecule has 0 saturated heterocycles. The van der Waals surface area contributed by atoms with Crippen molar-refractivity contribution in [3.63, 3.8) is 0 Å². The van der Waals surface area contributed by atoms with Crippen molar-refractivity contribution in [1.82, 2.24) is 15.1 Å². The van der Waals surface area contributed by atoms with Crippen LogP contribution in [0.1, 0.15) is 17.3 Å². The van der Waals surface area contributed by atoms with Gasteiger partial charge in [0.05, 0.1) is 25.5 Å². The highest BCUT2D eigenvalue weighted by Gasteiger charge is 2.29. The summed E-state index contributed by atoms with van der Waals surface area (Å²) in [5.74, 6) is 0.158. The molecule has 6 nitrogen and oxygen atoms in total. The SMILES string of the molecule is C=CCNC(C(=O)OC)c1c(C)nn(C)c1OC. The van der Waals surface area contributed by atoms with Crippen LogP contribution in [0.5, 0.6) is 5.88 Å². The lowest BCUT2D eigenvalue weighted by Gasteiger charge is -2.16. The summed E-state index contributed by atoms with van der Waals surface area (Å²) in [7, 11) is 4.65. The van der Waals surface area contributed by atoms with Crippen LogP contribution < -0.4 is 10.1 Å². The number of hydrogen-bond donors (Lipinski definition) is 1. The van der Waals surface area contributed by atoms with Crippen molar-refractivity contribution in [3.05, 3.63) is 23.9 Å². The first-order chi connectivity index (χ1) is 8.56. The molecule has 0 aliphatic heterocycles. The summed E-state index contributed by atoms with van der Waals surface area (Å²) in [6.45, 7) is 5.92. The van der Waals surface area contributed by atoms with E-state index in [9.17, 15) is 4.79 Å². The van der Waals surface area contributed by atoms with Gasteiger partial charge in [0.15, 0.2) is 0 Å². The van der Waals surface area contributed by atoms with Crippen molar-refractivity contribution in [2.45, 2.75) is 13.0 Å². The van der Waals surface area contributed by atoms with E-state index in [1.807, 2.05) is 6.92 Å². The Kier molecular flexibility index (Phi) is 4.91. The summed E-state index contributed by atoms with van der Waals surface area (Å²) in [5.41, 5.74) is 1.41. The van der Waals surface area contributed by atoms with Gasteiger partial charge in [-0.1, -0.05) is 6.08 Å². The summed E-state index contributed by atoms with van der Waals surface area (Å²) < 4.78 is 11.7. The van der Waals surface area contributed by atoms with Crippen LogP contribution in [0.2, 0.25) is 0 Å². The molecule has 1 heterocycles. The molecule has 1 N–H and O–H groups in total. The quantitative estimate of drug-likeness (QED) is 0.598. The first-order valence-electron chi connectivity index (χ1n) is 5.56. The standard InChI is InChI=1S/C12H19N3O3/c1-6-7-13-10(12(16)18-5)9-8(2)14-15(3)11(9)17-4/h6,10,13H,1,7H2,2-5H3. The Morgan fingerprint density at radius 2 is 2.28 bits per heavy atom. The van der Waals surface area contributed by atoms with Crippen LogP contribution in [-0.4, -0.2) is 36.5 Å².